The minimum absolute atomic E-state index is 0.00307. The number of nitrogens with two attached hydrogens (primary N) is 1. The van der Waals surface area contributed by atoms with Crippen molar-refractivity contribution in [1.82, 2.24) is 0 Å². The lowest BCUT2D eigenvalue weighted by atomic mass is 10.1. The molecule has 0 radical (unpaired) electrons. The lowest BCUT2D eigenvalue weighted by Crippen LogP contribution is -2.28. The maximum Gasteiger partial charge on any atom is 0.238 e. The van der Waals surface area contributed by atoms with Gasteiger partial charge in [-0.3, -0.25) is 9.69 Å². The van der Waals surface area contributed by atoms with Gasteiger partial charge in [-0.1, -0.05) is 0 Å². The molecule has 7 nitrogen and oxygen atoms in total. The number of amides is 1. The van der Waals surface area contributed by atoms with Gasteiger partial charge in [-0.25, -0.2) is 0 Å². The largest absolute Gasteiger partial charge is 0.495 e. The number of nitrogens with zero attached hydrogens (tertiary/aromatic N) is 1. The summed E-state index contributed by atoms with van der Waals surface area (Å²) in [7, 11) is 6.24. The highest BCUT2D eigenvalue weighted by Gasteiger charge is 2.35. The Kier molecular flexibility index (Phi) is 5.55. The molecule has 144 valence electrons. The van der Waals surface area contributed by atoms with E-state index >= 15 is 0 Å². The molecule has 0 bridgehead atoms. The summed E-state index contributed by atoms with van der Waals surface area (Å²) in [6, 6.07) is 9.04. The summed E-state index contributed by atoms with van der Waals surface area (Å²) in [6.45, 7) is 0. The van der Waals surface area contributed by atoms with Crippen molar-refractivity contribution in [2.75, 3.05) is 44.8 Å². The van der Waals surface area contributed by atoms with Crippen molar-refractivity contribution in [3.63, 3.8) is 0 Å². The standard InChI is InChI=1S/C19H22N2O5S/c1-23-14-6-5-12(9-13(14)20)21-17(22)10-27-19(21)11-7-15(24-2)18(26-4)16(8-11)25-3/h5-9,19H,10,20H2,1-4H3. The summed E-state index contributed by atoms with van der Waals surface area (Å²) in [5.41, 5.74) is 8.09. The van der Waals surface area contributed by atoms with E-state index in [1.165, 1.54) is 11.8 Å². The van der Waals surface area contributed by atoms with Crippen LogP contribution in [0.25, 0.3) is 0 Å². The molecule has 1 fully saturated rings. The first kappa shape index (κ1) is 19.0. The first-order valence-corrected chi connectivity index (χ1v) is 9.26. The number of benzene rings is 2. The second-order valence-electron chi connectivity index (χ2n) is 5.81. The Morgan fingerprint density at radius 3 is 2.11 bits per heavy atom. The van der Waals surface area contributed by atoms with Crippen molar-refractivity contribution in [1.29, 1.82) is 0 Å². The van der Waals surface area contributed by atoms with E-state index in [1.807, 2.05) is 18.2 Å². The Morgan fingerprint density at radius 1 is 0.963 bits per heavy atom. The van der Waals surface area contributed by atoms with Crippen molar-refractivity contribution in [3.8, 4) is 23.0 Å². The molecular weight excluding hydrogens is 368 g/mol. The minimum Gasteiger partial charge on any atom is -0.495 e. The van der Waals surface area contributed by atoms with Gasteiger partial charge < -0.3 is 24.7 Å². The molecule has 2 aromatic carbocycles. The highest BCUT2D eigenvalue weighted by molar-refractivity contribution is 8.00. The number of carbonyl (C=O) groups is 1. The molecule has 1 aliphatic heterocycles. The first-order chi connectivity index (χ1) is 13.0. The third-order valence-corrected chi connectivity index (χ3v) is 5.54. The van der Waals surface area contributed by atoms with Gasteiger partial charge in [0.2, 0.25) is 11.7 Å². The van der Waals surface area contributed by atoms with E-state index in [0.29, 0.717) is 40.1 Å². The maximum atomic E-state index is 12.6. The van der Waals surface area contributed by atoms with E-state index in [9.17, 15) is 4.79 Å². The predicted octanol–water partition coefficient (Wildman–Crippen LogP) is 3.08. The number of ether oxygens (including phenoxy) is 4. The molecule has 3 rings (SSSR count). The van der Waals surface area contributed by atoms with Crippen molar-refractivity contribution in [3.05, 3.63) is 35.9 Å². The van der Waals surface area contributed by atoms with E-state index in [2.05, 4.69) is 0 Å². The maximum absolute atomic E-state index is 12.6. The molecule has 1 saturated heterocycles. The molecular formula is C19H22N2O5S. The van der Waals surface area contributed by atoms with Gasteiger partial charge in [0.1, 0.15) is 11.1 Å². The van der Waals surface area contributed by atoms with Crippen LogP contribution in [0.1, 0.15) is 10.9 Å². The van der Waals surface area contributed by atoms with Crippen LogP contribution in [0.15, 0.2) is 30.3 Å². The highest BCUT2D eigenvalue weighted by Crippen LogP contribution is 2.47. The summed E-state index contributed by atoms with van der Waals surface area (Å²) >= 11 is 1.53. The van der Waals surface area contributed by atoms with Gasteiger partial charge in [0.25, 0.3) is 0 Å². The van der Waals surface area contributed by atoms with Gasteiger partial charge in [0.05, 0.1) is 39.9 Å². The fraction of sp³-hybridized carbons (Fsp3) is 0.316. The Bertz CT molecular complexity index is 833. The van der Waals surface area contributed by atoms with Crippen LogP contribution < -0.4 is 29.6 Å². The normalized spacial score (nSPS) is 16.4. The molecule has 0 spiro atoms. The van der Waals surface area contributed by atoms with E-state index in [4.69, 9.17) is 24.7 Å². The Hall–Kier alpha value is -2.74. The van der Waals surface area contributed by atoms with Gasteiger partial charge in [0.15, 0.2) is 11.5 Å². The molecule has 0 saturated carbocycles. The first-order valence-electron chi connectivity index (χ1n) is 8.21. The number of carbonyl (C=O) groups excluding carboxylic acids is 1. The molecule has 1 aliphatic rings. The number of thioether (sulfide) groups is 1. The number of nitrogen functional groups attached to an aromatic ring is 1. The third kappa shape index (κ3) is 3.44. The van der Waals surface area contributed by atoms with Crippen molar-refractivity contribution in [2.45, 2.75) is 5.37 Å². The minimum atomic E-state index is -0.237. The van der Waals surface area contributed by atoms with Crippen molar-refractivity contribution < 1.29 is 23.7 Å². The fourth-order valence-corrected chi connectivity index (χ4v) is 4.22. The number of hydrogen-bond acceptors (Lipinski definition) is 7. The SMILES string of the molecule is COc1ccc(N2C(=O)CSC2c2cc(OC)c(OC)c(OC)c2)cc1N. The van der Waals surface area contributed by atoms with E-state index in [-0.39, 0.29) is 11.3 Å². The summed E-state index contributed by atoms with van der Waals surface area (Å²) < 4.78 is 21.5. The molecule has 1 atom stereocenters. The molecule has 0 aliphatic carbocycles. The third-order valence-electron chi connectivity index (χ3n) is 4.33. The summed E-state index contributed by atoms with van der Waals surface area (Å²) in [5, 5.41) is -0.237. The Labute approximate surface area is 162 Å². The highest BCUT2D eigenvalue weighted by atomic mass is 32.2. The van der Waals surface area contributed by atoms with Crippen LogP contribution in [0.4, 0.5) is 11.4 Å². The molecule has 1 unspecified atom stereocenters. The fourth-order valence-electron chi connectivity index (χ4n) is 3.07. The Balaban J connectivity index is 2.05. The second kappa shape index (κ2) is 7.87. The van der Waals surface area contributed by atoms with Gasteiger partial charge in [-0.2, -0.15) is 0 Å². The number of anilines is 2. The van der Waals surface area contributed by atoms with Crippen LogP contribution in [0.2, 0.25) is 0 Å². The monoisotopic (exact) mass is 390 g/mol. The topological polar surface area (TPSA) is 83.2 Å². The summed E-state index contributed by atoms with van der Waals surface area (Å²) in [5.74, 6) is 2.54. The van der Waals surface area contributed by atoms with Crippen LogP contribution in [-0.4, -0.2) is 40.1 Å². The van der Waals surface area contributed by atoms with Crippen LogP contribution in [0, 0.1) is 0 Å². The van der Waals surface area contributed by atoms with Crippen LogP contribution >= 0.6 is 11.8 Å². The van der Waals surface area contributed by atoms with E-state index in [1.54, 1.807) is 45.5 Å². The van der Waals surface area contributed by atoms with Crippen LogP contribution in [-0.2, 0) is 4.79 Å². The smallest absolute Gasteiger partial charge is 0.238 e. The molecule has 1 amide bonds. The molecule has 1 heterocycles. The summed E-state index contributed by atoms with van der Waals surface area (Å²) in [6.07, 6.45) is 0. The van der Waals surface area contributed by atoms with Gasteiger partial charge in [-0.15, -0.1) is 11.8 Å². The number of methoxy groups -OCH3 is 4. The average Bonchev–Trinajstić information content (AvgIpc) is 3.08. The van der Waals surface area contributed by atoms with Gasteiger partial charge >= 0.3 is 0 Å². The molecule has 27 heavy (non-hydrogen) atoms. The van der Waals surface area contributed by atoms with Crippen LogP contribution in [0.5, 0.6) is 23.0 Å². The lowest BCUT2D eigenvalue weighted by Gasteiger charge is -2.26. The van der Waals surface area contributed by atoms with E-state index in [0.717, 1.165) is 5.56 Å². The average molecular weight is 390 g/mol. The molecule has 8 heteroatoms. The zero-order valence-corrected chi connectivity index (χ0v) is 16.5. The van der Waals surface area contributed by atoms with Gasteiger partial charge in [0, 0.05) is 5.69 Å². The van der Waals surface area contributed by atoms with Gasteiger partial charge in [-0.05, 0) is 35.9 Å². The zero-order valence-electron chi connectivity index (χ0n) is 15.6. The number of hydrogen-bond donors (Lipinski definition) is 1. The van der Waals surface area contributed by atoms with Crippen LogP contribution in [0.3, 0.4) is 0 Å². The Morgan fingerprint density at radius 2 is 1.59 bits per heavy atom. The molecule has 2 N–H and O–H groups in total. The second-order valence-corrected chi connectivity index (χ2v) is 6.88. The van der Waals surface area contributed by atoms with Crippen molar-refractivity contribution >= 4 is 29.0 Å². The predicted molar refractivity (Wildman–Crippen MR) is 106 cm³/mol. The summed E-state index contributed by atoms with van der Waals surface area (Å²) in [4.78, 5) is 14.3. The van der Waals surface area contributed by atoms with E-state index < -0.39 is 0 Å². The molecule has 0 aromatic heterocycles. The lowest BCUT2D eigenvalue weighted by molar-refractivity contribution is -0.115. The quantitative estimate of drug-likeness (QED) is 0.759. The van der Waals surface area contributed by atoms with Crippen molar-refractivity contribution in [2.24, 2.45) is 0 Å². The number of rotatable bonds is 6. The molecule has 2 aromatic rings. The zero-order chi connectivity index (χ0) is 19.6.